The van der Waals surface area contributed by atoms with Crippen LogP contribution in [0.2, 0.25) is 5.02 Å². The van der Waals surface area contributed by atoms with Crippen molar-refractivity contribution in [2.24, 2.45) is 5.92 Å². The Hall–Kier alpha value is -2.60. The Bertz CT molecular complexity index is 1090. The Kier molecular flexibility index (Phi) is 6.99. The number of rotatable bonds is 8. The number of carbonyl (C=O) groups is 1. The third-order valence-corrected chi connectivity index (χ3v) is 6.44. The molecule has 0 radical (unpaired) electrons. The van der Waals surface area contributed by atoms with Crippen LogP contribution >= 0.6 is 11.6 Å². The van der Waals surface area contributed by atoms with Crippen molar-refractivity contribution in [1.29, 1.82) is 0 Å². The molecule has 0 spiro atoms. The predicted molar refractivity (Wildman–Crippen MR) is 127 cm³/mol. The summed E-state index contributed by atoms with van der Waals surface area (Å²) >= 11 is 6.13. The first kappa shape index (κ1) is 22.6. The SMILES string of the molecule is COc1cc(Cl)ccc1C(=O)N(CCC(C)C)Cc1nc2cccnc2n1C1CCCC1. The van der Waals surface area contributed by atoms with Crippen LogP contribution < -0.4 is 4.74 Å². The summed E-state index contributed by atoms with van der Waals surface area (Å²) in [7, 11) is 1.56. The van der Waals surface area contributed by atoms with Gasteiger partial charge in [-0.05, 0) is 55.5 Å². The minimum absolute atomic E-state index is 0.0721. The smallest absolute Gasteiger partial charge is 0.258 e. The molecule has 1 saturated carbocycles. The summed E-state index contributed by atoms with van der Waals surface area (Å²) in [6.45, 7) is 5.42. The van der Waals surface area contributed by atoms with Crippen LogP contribution in [0, 0.1) is 5.92 Å². The lowest BCUT2D eigenvalue weighted by atomic mass is 10.1. The van der Waals surface area contributed by atoms with E-state index in [0.717, 1.165) is 36.3 Å². The fraction of sp³-hybridized carbons (Fsp3) is 0.480. The van der Waals surface area contributed by atoms with Gasteiger partial charge in [0.25, 0.3) is 5.91 Å². The van der Waals surface area contributed by atoms with E-state index in [9.17, 15) is 4.79 Å². The van der Waals surface area contributed by atoms with Gasteiger partial charge in [-0.2, -0.15) is 0 Å². The minimum atomic E-state index is -0.0721. The van der Waals surface area contributed by atoms with E-state index in [1.54, 1.807) is 25.3 Å². The summed E-state index contributed by atoms with van der Waals surface area (Å²) in [5.41, 5.74) is 2.31. The lowest BCUT2D eigenvalue weighted by molar-refractivity contribution is 0.0725. The van der Waals surface area contributed by atoms with E-state index in [1.165, 1.54) is 12.8 Å². The van der Waals surface area contributed by atoms with Crippen molar-refractivity contribution in [2.75, 3.05) is 13.7 Å². The highest BCUT2D eigenvalue weighted by molar-refractivity contribution is 6.30. The second-order valence-corrected chi connectivity index (χ2v) is 9.37. The van der Waals surface area contributed by atoms with Gasteiger partial charge >= 0.3 is 0 Å². The quantitative estimate of drug-likeness (QED) is 0.425. The van der Waals surface area contributed by atoms with Gasteiger partial charge in [-0.3, -0.25) is 4.79 Å². The molecule has 1 aliphatic rings. The summed E-state index contributed by atoms with van der Waals surface area (Å²) in [6, 6.07) is 9.46. The normalized spacial score (nSPS) is 14.4. The molecule has 0 bridgehead atoms. The zero-order valence-corrected chi connectivity index (χ0v) is 19.8. The number of imidazole rings is 1. The van der Waals surface area contributed by atoms with Crippen LogP contribution in [-0.2, 0) is 6.54 Å². The number of amides is 1. The molecule has 0 unspecified atom stereocenters. The maximum Gasteiger partial charge on any atom is 0.258 e. The fourth-order valence-corrected chi connectivity index (χ4v) is 4.65. The van der Waals surface area contributed by atoms with Crippen molar-refractivity contribution < 1.29 is 9.53 Å². The molecule has 0 saturated heterocycles. The van der Waals surface area contributed by atoms with E-state index >= 15 is 0 Å². The summed E-state index contributed by atoms with van der Waals surface area (Å²) in [5, 5.41) is 0.543. The third-order valence-electron chi connectivity index (χ3n) is 6.20. The van der Waals surface area contributed by atoms with Gasteiger partial charge in [-0.15, -0.1) is 0 Å². The maximum absolute atomic E-state index is 13.7. The number of benzene rings is 1. The molecule has 170 valence electrons. The highest BCUT2D eigenvalue weighted by Crippen LogP contribution is 2.34. The lowest BCUT2D eigenvalue weighted by Gasteiger charge is -2.26. The van der Waals surface area contributed by atoms with Crippen LogP contribution in [0.5, 0.6) is 5.75 Å². The molecule has 1 aromatic carbocycles. The van der Waals surface area contributed by atoms with Crippen molar-refractivity contribution in [3.05, 3.63) is 52.9 Å². The monoisotopic (exact) mass is 454 g/mol. The second kappa shape index (κ2) is 9.90. The van der Waals surface area contributed by atoms with Crippen molar-refractivity contribution in [3.63, 3.8) is 0 Å². The molecule has 1 amide bonds. The van der Waals surface area contributed by atoms with Crippen molar-refractivity contribution in [3.8, 4) is 5.75 Å². The van der Waals surface area contributed by atoms with Crippen LogP contribution in [0.15, 0.2) is 36.5 Å². The number of fused-ring (bicyclic) bond motifs is 1. The zero-order valence-electron chi connectivity index (χ0n) is 19.1. The van der Waals surface area contributed by atoms with Crippen molar-refractivity contribution >= 4 is 28.7 Å². The number of halogens is 1. The molecule has 0 N–H and O–H groups in total. The number of methoxy groups -OCH3 is 1. The molecule has 1 fully saturated rings. The van der Waals surface area contributed by atoms with Crippen LogP contribution in [0.3, 0.4) is 0 Å². The van der Waals surface area contributed by atoms with Gasteiger partial charge in [0.1, 0.15) is 17.1 Å². The number of carbonyl (C=O) groups excluding carboxylic acids is 1. The summed E-state index contributed by atoms with van der Waals surface area (Å²) in [5.74, 6) is 1.79. The van der Waals surface area contributed by atoms with Gasteiger partial charge in [-0.1, -0.05) is 38.3 Å². The van der Waals surface area contributed by atoms with E-state index in [1.807, 2.05) is 23.2 Å². The van der Waals surface area contributed by atoms with Crippen LogP contribution in [-0.4, -0.2) is 39.0 Å². The number of hydrogen-bond acceptors (Lipinski definition) is 4. The van der Waals surface area contributed by atoms with Gasteiger partial charge in [-0.25, -0.2) is 9.97 Å². The predicted octanol–water partition coefficient (Wildman–Crippen LogP) is 5.90. The van der Waals surface area contributed by atoms with Crippen LogP contribution in [0.4, 0.5) is 0 Å². The van der Waals surface area contributed by atoms with Crippen molar-refractivity contribution in [2.45, 2.75) is 58.5 Å². The summed E-state index contributed by atoms with van der Waals surface area (Å²) < 4.78 is 7.74. The molecule has 4 rings (SSSR count). The Labute approximate surface area is 194 Å². The van der Waals surface area contributed by atoms with Crippen molar-refractivity contribution in [1.82, 2.24) is 19.4 Å². The molecule has 0 atom stereocenters. The first-order valence-corrected chi connectivity index (χ1v) is 11.8. The minimum Gasteiger partial charge on any atom is -0.496 e. The maximum atomic E-state index is 13.7. The number of nitrogens with zero attached hydrogens (tertiary/aromatic N) is 4. The Morgan fingerprint density at radius 2 is 2.06 bits per heavy atom. The molecule has 32 heavy (non-hydrogen) atoms. The van der Waals surface area contributed by atoms with Gasteiger partial charge in [0.2, 0.25) is 0 Å². The first-order chi connectivity index (χ1) is 15.5. The zero-order chi connectivity index (χ0) is 22.7. The molecular weight excluding hydrogens is 424 g/mol. The van der Waals surface area contributed by atoms with Crippen LogP contribution in [0.1, 0.15) is 68.2 Å². The molecule has 6 nitrogen and oxygen atoms in total. The fourth-order valence-electron chi connectivity index (χ4n) is 4.48. The molecule has 3 aromatic rings. The van der Waals surface area contributed by atoms with Gasteiger partial charge in [0.15, 0.2) is 5.65 Å². The number of aromatic nitrogens is 3. The van der Waals surface area contributed by atoms with E-state index in [0.29, 0.717) is 41.4 Å². The van der Waals surface area contributed by atoms with Gasteiger partial charge < -0.3 is 14.2 Å². The molecule has 7 heteroatoms. The second-order valence-electron chi connectivity index (χ2n) is 8.94. The third kappa shape index (κ3) is 4.75. The summed E-state index contributed by atoms with van der Waals surface area (Å²) in [4.78, 5) is 25.1. The molecule has 2 aromatic heterocycles. The average molecular weight is 455 g/mol. The Morgan fingerprint density at radius 3 is 2.78 bits per heavy atom. The highest BCUT2D eigenvalue weighted by Gasteiger charge is 2.27. The molecule has 2 heterocycles. The Morgan fingerprint density at radius 1 is 1.28 bits per heavy atom. The summed E-state index contributed by atoms with van der Waals surface area (Å²) in [6.07, 6.45) is 7.41. The van der Waals surface area contributed by atoms with Gasteiger partial charge in [0, 0.05) is 23.8 Å². The van der Waals surface area contributed by atoms with E-state index in [-0.39, 0.29) is 5.91 Å². The lowest BCUT2D eigenvalue weighted by Crippen LogP contribution is -2.34. The molecule has 1 aliphatic carbocycles. The molecular formula is C25H31ClN4O2. The largest absolute Gasteiger partial charge is 0.496 e. The van der Waals surface area contributed by atoms with E-state index in [4.69, 9.17) is 21.3 Å². The average Bonchev–Trinajstić information content (AvgIpc) is 3.43. The van der Waals surface area contributed by atoms with E-state index in [2.05, 4.69) is 23.4 Å². The number of hydrogen-bond donors (Lipinski definition) is 0. The Balaban J connectivity index is 1.71. The molecule has 0 aliphatic heterocycles. The van der Waals surface area contributed by atoms with Crippen LogP contribution in [0.25, 0.3) is 11.2 Å². The van der Waals surface area contributed by atoms with Gasteiger partial charge in [0.05, 0.1) is 19.2 Å². The standard InChI is InChI=1S/C25H31ClN4O2/c1-17(2)12-14-29(25(31)20-11-10-18(26)15-22(20)32-3)16-23-28-21-9-6-13-27-24(21)30(23)19-7-4-5-8-19/h6,9-11,13,15,17,19H,4-5,7-8,12,14,16H2,1-3H3. The number of pyridine rings is 1. The number of ether oxygens (including phenoxy) is 1. The first-order valence-electron chi connectivity index (χ1n) is 11.4. The van der Waals surface area contributed by atoms with E-state index < -0.39 is 0 Å². The highest BCUT2D eigenvalue weighted by atomic mass is 35.5. The topological polar surface area (TPSA) is 60.2 Å².